The smallest absolute Gasteiger partial charge is 0.409 e. The molecule has 1 aromatic rings. The van der Waals surface area contributed by atoms with Gasteiger partial charge >= 0.3 is 6.09 Å². The van der Waals surface area contributed by atoms with Crippen LogP contribution in [-0.4, -0.2) is 54.8 Å². The maximum Gasteiger partial charge on any atom is 0.409 e. The lowest BCUT2D eigenvalue weighted by molar-refractivity contribution is 0.105. The molecule has 0 bridgehead atoms. The number of nitrogens with zero attached hydrogens (tertiary/aromatic N) is 3. The van der Waals surface area contributed by atoms with Crippen LogP contribution in [0.4, 0.5) is 20.8 Å². The Hall–Kier alpha value is -2.05. The van der Waals surface area contributed by atoms with Crippen LogP contribution in [-0.2, 0) is 4.74 Å². The number of amides is 1. The van der Waals surface area contributed by atoms with Gasteiger partial charge in [-0.05, 0) is 31.9 Å². The number of ether oxygens (including phenoxy) is 1. The summed E-state index contributed by atoms with van der Waals surface area (Å²) in [5.74, 6) is 0.742. The average molecular weight is 308 g/mol. The van der Waals surface area contributed by atoms with E-state index in [0.29, 0.717) is 50.5 Å². The fourth-order valence-electron chi connectivity index (χ4n) is 2.49. The first-order chi connectivity index (χ1) is 10.7. The summed E-state index contributed by atoms with van der Waals surface area (Å²) in [5.41, 5.74) is 0. The SMILES string of the molecule is CCOC(=O)N1CCN(c2nc(NC3CC3)ccc2F)CC1. The summed E-state index contributed by atoms with van der Waals surface area (Å²) in [6.45, 7) is 4.28. The Morgan fingerprint density at radius 1 is 1.36 bits per heavy atom. The first kappa shape index (κ1) is 14.9. The predicted octanol–water partition coefficient (Wildman–Crippen LogP) is 2.07. The largest absolute Gasteiger partial charge is 0.450 e. The molecule has 0 radical (unpaired) electrons. The van der Waals surface area contributed by atoms with E-state index >= 15 is 0 Å². The van der Waals surface area contributed by atoms with Gasteiger partial charge in [-0.3, -0.25) is 0 Å². The van der Waals surface area contributed by atoms with Gasteiger partial charge < -0.3 is 19.9 Å². The van der Waals surface area contributed by atoms with E-state index in [4.69, 9.17) is 4.74 Å². The van der Waals surface area contributed by atoms with Gasteiger partial charge in [0.2, 0.25) is 0 Å². The molecule has 0 unspecified atom stereocenters. The van der Waals surface area contributed by atoms with Crippen LogP contribution in [0.3, 0.4) is 0 Å². The molecule has 1 N–H and O–H groups in total. The lowest BCUT2D eigenvalue weighted by Crippen LogP contribution is -2.49. The molecule has 22 heavy (non-hydrogen) atoms. The normalized spacial score (nSPS) is 18.3. The lowest BCUT2D eigenvalue weighted by atomic mass is 10.3. The van der Waals surface area contributed by atoms with Gasteiger partial charge in [-0.1, -0.05) is 0 Å². The Labute approximate surface area is 129 Å². The summed E-state index contributed by atoms with van der Waals surface area (Å²) in [7, 11) is 0. The van der Waals surface area contributed by atoms with Gasteiger partial charge in [-0.25, -0.2) is 14.2 Å². The maximum absolute atomic E-state index is 14.0. The molecule has 2 aliphatic rings. The van der Waals surface area contributed by atoms with E-state index in [1.54, 1.807) is 17.9 Å². The zero-order valence-corrected chi connectivity index (χ0v) is 12.7. The molecule has 1 saturated heterocycles. The van der Waals surface area contributed by atoms with Crippen molar-refractivity contribution in [2.24, 2.45) is 0 Å². The van der Waals surface area contributed by atoms with Gasteiger partial charge in [0.1, 0.15) is 5.82 Å². The lowest BCUT2D eigenvalue weighted by Gasteiger charge is -2.34. The number of hydrogen-bond donors (Lipinski definition) is 1. The summed E-state index contributed by atoms with van der Waals surface area (Å²) < 4.78 is 19.0. The third-order valence-electron chi connectivity index (χ3n) is 3.86. The second kappa shape index (κ2) is 6.37. The second-order valence-corrected chi connectivity index (χ2v) is 5.59. The fraction of sp³-hybridized carbons (Fsp3) is 0.600. The van der Waals surface area contributed by atoms with E-state index in [1.807, 2.05) is 4.90 Å². The van der Waals surface area contributed by atoms with Gasteiger partial charge in [0.15, 0.2) is 11.6 Å². The van der Waals surface area contributed by atoms with Crippen LogP contribution in [0.1, 0.15) is 19.8 Å². The standard InChI is InChI=1S/C15H21FN4O2/c1-2-22-15(21)20-9-7-19(8-10-20)14-12(16)5-6-13(18-14)17-11-3-4-11/h5-6,11H,2-4,7-10H2,1H3,(H,17,18). The van der Waals surface area contributed by atoms with Gasteiger partial charge in [0.25, 0.3) is 0 Å². The van der Waals surface area contributed by atoms with Crippen molar-refractivity contribution in [2.75, 3.05) is 43.0 Å². The minimum atomic E-state index is -0.328. The van der Waals surface area contributed by atoms with Gasteiger partial charge in [-0.15, -0.1) is 0 Å². The molecule has 0 aromatic carbocycles. The minimum Gasteiger partial charge on any atom is -0.450 e. The number of pyridine rings is 1. The first-order valence-electron chi connectivity index (χ1n) is 7.77. The molecule has 7 heteroatoms. The number of carbonyl (C=O) groups excluding carboxylic acids is 1. The Balaban J connectivity index is 1.63. The van der Waals surface area contributed by atoms with Gasteiger partial charge in [-0.2, -0.15) is 0 Å². The quantitative estimate of drug-likeness (QED) is 0.923. The number of rotatable bonds is 4. The molecule has 1 aromatic heterocycles. The van der Waals surface area contributed by atoms with Crippen molar-refractivity contribution in [1.29, 1.82) is 0 Å². The van der Waals surface area contributed by atoms with Crippen LogP contribution in [0.15, 0.2) is 12.1 Å². The highest BCUT2D eigenvalue weighted by Gasteiger charge is 2.26. The third kappa shape index (κ3) is 3.40. The van der Waals surface area contributed by atoms with E-state index in [-0.39, 0.29) is 11.9 Å². The molecule has 3 rings (SSSR count). The topological polar surface area (TPSA) is 57.7 Å². The number of hydrogen-bond acceptors (Lipinski definition) is 5. The fourth-order valence-corrected chi connectivity index (χ4v) is 2.49. The van der Waals surface area contributed by atoms with Crippen molar-refractivity contribution in [2.45, 2.75) is 25.8 Å². The monoisotopic (exact) mass is 308 g/mol. The summed E-state index contributed by atoms with van der Waals surface area (Å²) >= 11 is 0. The summed E-state index contributed by atoms with van der Waals surface area (Å²) in [4.78, 5) is 19.6. The van der Waals surface area contributed by atoms with Crippen molar-refractivity contribution in [1.82, 2.24) is 9.88 Å². The maximum atomic E-state index is 14.0. The van der Waals surface area contributed by atoms with Crippen LogP contribution in [0.25, 0.3) is 0 Å². The molecule has 2 fully saturated rings. The van der Waals surface area contributed by atoms with E-state index in [9.17, 15) is 9.18 Å². The molecule has 1 saturated carbocycles. The van der Waals surface area contributed by atoms with Crippen LogP contribution in [0, 0.1) is 5.82 Å². The summed E-state index contributed by atoms with van der Waals surface area (Å²) in [5, 5.41) is 3.28. The third-order valence-corrected chi connectivity index (χ3v) is 3.86. The highest BCUT2D eigenvalue weighted by atomic mass is 19.1. The highest BCUT2D eigenvalue weighted by molar-refractivity contribution is 5.68. The zero-order valence-electron chi connectivity index (χ0n) is 12.7. The minimum absolute atomic E-state index is 0.306. The van der Waals surface area contributed by atoms with Crippen molar-refractivity contribution in [3.05, 3.63) is 17.9 Å². The molecular weight excluding hydrogens is 287 g/mol. The van der Waals surface area contributed by atoms with Crippen LogP contribution in [0.2, 0.25) is 0 Å². The molecule has 0 spiro atoms. The molecular formula is C15H21FN4O2. The average Bonchev–Trinajstić information content (AvgIpc) is 3.34. The molecule has 6 nitrogen and oxygen atoms in total. The number of halogens is 1. The van der Waals surface area contributed by atoms with Crippen molar-refractivity contribution in [3.8, 4) is 0 Å². The molecule has 1 aliphatic carbocycles. The van der Waals surface area contributed by atoms with E-state index in [0.717, 1.165) is 12.8 Å². The van der Waals surface area contributed by atoms with Gasteiger partial charge in [0, 0.05) is 32.2 Å². The molecule has 120 valence electrons. The molecule has 1 aliphatic heterocycles. The molecule has 2 heterocycles. The van der Waals surface area contributed by atoms with E-state index in [2.05, 4.69) is 10.3 Å². The number of anilines is 2. The molecule has 0 atom stereocenters. The zero-order chi connectivity index (χ0) is 15.5. The highest BCUT2D eigenvalue weighted by Crippen LogP contribution is 2.26. The Morgan fingerprint density at radius 2 is 2.09 bits per heavy atom. The Morgan fingerprint density at radius 3 is 2.73 bits per heavy atom. The predicted molar refractivity (Wildman–Crippen MR) is 81.6 cm³/mol. The van der Waals surface area contributed by atoms with Crippen LogP contribution >= 0.6 is 0 Å². The first-order valence-corrected chi connectivity index (χ1v) is 7.77. The second-order valence-electron chi connectivity index (χ2n) is 5.59. The Bertz CT molecular complexity index is 542. The van der Waals surface area contributed by atoms with Crippen molar-refractivity contribution >= 4 is 17.7 Å². The van der Waals surface area contributed by atoms with Crippen LogP contribution < -0.4 is 10.2 Å². The van der Waals surface area contributed by atoms with Gasteiger partial charge in [0.05, 0.1) is 6.61 Å². The Kier molecular flexibility index (Phi) is 4.31. The number of piperazine rings is 1. The molecule has 1 amide bonds. The summed E-state index contributed by atoms with van der Waals surface area (Å²) in [6.07, 6.45) is 1.99. The van der Waals surface area contributed by atoms with E-state index in [1.165, 1.54) is 6.07 Å². The number of nitrogens with one attached hydrogen (secondary N) is 1. The van der Waals surface area contributed by atoms with E-state index < -0.39 is 0 Å². The number of aromatic nitrogens is 1. The number of carbonyl (C=O) groups is 1. The van der Waals surface area contributed by atoms with Crippen LogP contribution in [0.5, 0.6) is 0 Å². The summed E-state index contributed by atoms with van der Waals surface area (Å²) in [6, 6.07) is 3.60. The van der Waals surface area contributed by atoms with Crippen molar-refractivity contribution < 1.29 is 13.9 Å². The van der Waals surface area contributed by atoms with Crippen molar-refractivity contribution in [3.63, 3.8) is 0 Å².